The Morgan fingerprint density at radius 2 is 1.76 bits per heavy atom. The number of aromatic nitrogens is 5. The summed E-state index contributed by atoms with van der Waals surface area (Å²) in [6, 6.07) is 16.9. The second-order valence-corrected chi connectivity index (χ2v) is 9.16. The van der Waals surface area contributed by atoms with Gasteiger partial charge in [-0.1, -0.05) is 24.3 Å². The standard InChI is InChI=1S/C28H24FN9/c29-21-7-8-23(33-16-21)24-9-11-38-28(34-24)25(26(35-38)22-2-1-10-32-27(22)31)20-5-3-19(4-6-20)17-36-12-14-37(18-30)15-13-36/h1-11,16H,12-15,17H2,(H2,31,32). The number of hydrogen-bond donors (Lipinski definition) is 1. The number of nitriles is 1. The maximum atomic E-state index is 13.5. The second-order valence-electron chi connectivity index (χ2n) is 9.16. The molecule has 0 amide bonds. The van der Waals surface area contributed by atoms with Gasteiger partial charge in [-0.25, -0.2) is 18.9 Å². The van der Waals surface area contributed by atoms with E-state index in [1.807, 2.05) is 18.3 Å². The van der Waals surface area contributed by atoms with Crippen LogP contribution in [0.1, 0.15) is 5.56 Å². The number of rotatable bonds is 5. The molecule has 1 aliphatic rings. The third kappa shape index (κ3) is 4.51. The van der Waals surface area contributed by atoms with Crippen LogP contribution in [0.15, 0.2) is 73.2 Å². The zero-order valence-electron chi connectivity index (χ0n) is 20.5. The minimum atomic E-state index is -0.402. The fraction of sp³-hybridized carbons (Fsp3) is 0.179. The van der Waals surface area contributed by atoms with E-state index in [-0.39, 0.29) is 0 Å². The third-order valence-electron chi connectivity index (χ3n) is 6.73. The van der Waals surface area contributed by atoms with Crippen LogP contribution in [-0.4, -0.2) is 60.5 Å². The van der Waals surface area contributed by atoms with Gasteiger partial charge < -0.3 is 10.6 Å². The topological polar surface area (TPSA) is 112 Å². The molecular formula is C28H24FN9. The van der Waals surface area contributed by atoms with Gasteiger partial charge in [0.2, 0.25) is 0 Å². The van der Waals surface area contributed by atoms with Crippen LogP contribution in [0.3, 0.4) is 0 Å². The van der Waals surface area contributed by atoms with E-state index in [1.54, 1.807) is 27.7 Å². The molecule has 6 rings (SSSR count). The van der Waals surface area contributed by atoms with Crippen molar-refractivity contribution in [1.29, 1.82) is 5.26 Å². The molecule has 0 saturated carbocycles. The highest BCUT2D eigenvalue weighted by Crippen LogP contribution is 2.37. The number of piperazine rings is 1. The average Bonchev–Trinajstić information content (AvgIpc) is 3.33. The fourth-order valence-electron chi connectivity index (χ4n) is 4.71. The summed E-state index contributed by atoms with van der Waals surface area (Å²) in [6.45, 7) is 4.04. The van der Waals surface area contributed by atoms with Crippen LogP contribution < -0.4 is 5.73 Å². The van der Waals surface area contributed by atoms with Crippen molar-refractivity contribution in [3.8, 4) is 40.0 Å². The molecule has 2 N–H and O–H groups in total. The van der Waals surface area contributed by atoms with E-state index in [4.69, 9.17) is 21.1 Å². The van der Waals surface area contributed by atoms with E-state index in [1.165, 1.54) is 17.8 Å². The molecule has 5 aromatic rings. The van der Waals surface area contributed by atoms with Gasteiger partial charge in [0.15, 0.2) is 11.8 Å². The molecule has 1 aliphatic heterocycles. The van der Waals surface area contributed by atoms with Gasteiger partial charge in [-0.3, -0.25) is 9.88 Å². The van der Waals surface area contributed by atoms with Gasteiger partial charge in [0.05, 0.1) is 23.1 Å². The molecule has 0 bridgehead atoms. The van der Waals surface area contributed by atoms with Crippen molar-refractivity contribution in [2.45, 2.75) is 6.54 Å². The summed E-state index contributed by atoms with van der Waals surface area (Å²) in [5, 5.41) is 13.9. The lowest BCUT2D eigenvalue weighted by Gasteiger charge is -2.31. The van der Waals surface area contributed by atoms with E-state index in [0.29, 0.717) is 34.1 Å². The van der Waals surface area contributed by atoms with Crippen LogP contribution in [0, 0.1) is 17.3 Å². The van der Waals surface area contributed by atoms with E-state index in [9.17, 15) is 4.39 Å². The van der Waals surface area contributed by atoms with E-state index >= 15 is 0 Å². The zero-order valence-corrected chi connectivity index (χ0v) is 20.5. The summed E-state index contributed by atoms with van der Waals surface area (Å²) < 4.78 is 15.2. The molecule has 1 aromatic carbocycles. The van der Waals surface area contributed by atoms with Gasteiger partial charge in [0.1, 0.15) is 17.3 Å². The molecule has 38 heavy (non-hydrogen) atoms. The van der Waals surface area contributed by atoms with Crippen LogP contribution in [-0.2, 0) is 6.54 Å². The van der Waals surface area contributed by atoms with Crippen LogP contribution in [0.2, 0.25) is 0 Å². The first kappa shape index (κ1) is 23.5. The summed E-state index contributed by atoms with van der Waals surface area (Å²) in [6.07, 6.45) is 6.87. The first-order valence-corrected chi connectivity index (χ1v) is 12.3. The number of benzene rings is 1. The van der Waals surface area contributed by atoms with Crippen molar-refractivity contribution >= 4 is 11.5 Å². The summed E-state index contributed by atoms with van der Waals surface area (Å²) in [5.74, 6) is -0.0213. The summed E-state index contributed by atoms with van der Waals surface area (Å²) in [4.78, 5) is 17.5. The molecule has 0 aliphatic carbocycles. The molecule has 0 spiro atoms. The van der Waals surface area contributed by atoms with E-state index in [2.05, 4.69) is 45.3 Å². The van der Waals surface area contributed by atoms with Crippen LogP contribution in [0.5, 0.6) is 0 Å². The quantitative estimate of drug-likeness (QED) is 0.359. The van der Waals surface area contributed by atoms with Gasteiger partial charge >= 0.3 is 0 Å². The maximum absolute atomic E-state index is 13.5. The Kier molecular flexibility index (Phi) is 6.11. The number of nitrogen functional groups attached to an aromatic ring is 1. The first-order valence-electron chi connectivity index (χ1n) is 12.3. The number of fused-ring (bicyclic) bond motifs is 1. The smallest absolute Gasteiger partial charge is 0.179 e. The molecule has 0 atom stereocenters. The van der Waals surface area contributed by atoms with Crippen LogP contribution in [0.4, 0.5) is 10.2 Å². The highest BCUT2D eigenvalue weighted by Gasteiger charge is 2.21. The Bertz CT molecular complexity index is 1630. The third-order valence-corrected chi connectivity index (χ3v) is 6.73. The molecule has 0 radical (unpaired) electrons. The SMILES string of the molecule is N#CN1CCN(Cc2ccc(-c3c(-c4cccnc4N)nn4ccc(-c5ccc(F)cn5)nc34)cc2)CC1. The van der Waals surface area contributed by atoms with Crippen LogP contribution in [0.25, 0.3) is 39.4 Å². The molecular weight excluding hydrogens is 481 g/mol. The minimum Gasteiger partial charge on any atom is -0.383 e. The molecule has 1 saturated heterocycles. The Hall–Kier alpha value is -4.88. The van der Waals surface area contributed by atoms with Gasteiger partial charge in [-0.05, 0) is 41.5 Å². The number of nitrogens with zero attached hydrogens (tertiary/aromatic N) is 8. The lowest BCUT2D eigenvalue weighted by atomic mass is 10.00. The van der Waals surface area contributed by atoms with Crippen molar-refractivity contribution < 1.29 is 4.39 Å². The molecule has 10 heteroatoms. The largest absolute Gasteiger partial charge is 0.383 e. The second kappa shape index (κ2) is 9.88. The zero-order chi connectivity index (χ0) is 26.1. The Labute approximate surface area is 218 Å². The lowest BCUT2D eigenvalue weighted by molar-refractivity contribution is 0.167. The average molecular weight is 506 g/mol. The number of halogens is 1. The Morgan fingerprint density at radius 1 is 0.947 bits per heavy atom. The molecule has 4 aromatic heterocycles. The summed E-state index contributed by atoms with van der Waals surface area (Å²) in [5.41, 5.74) is 12.4. The molecule has 1 fully saturated rings. The predicted molar refractivity (Wildman–Crippen MR) is 142 cm³/mol. The van der Waals surface area contributed by atoms with Gasteiger partial charge in [-0.2, -0.15) is 10.4 Å². The van der Waals surface area contributed by atoms with Crippen LogP contribution >= 0.6 is 0 Å². The minimum absolute atomic E-state index is 0.380. The molecule has 5 heterocycles. The predicted octanol–water partition coefficient (Wildman–Crippen LogP) is 3.84. The monoisotopic (exact) mass is 505 g/mol. The van der Waals surface area contributed by atoms with Crippen molar-refractivity contribution in [3.05, 3.63) is 84.6 Å². The molecule has 9 nitrogen and oxygen atoms in total. The van der Waals surface area contributed by atoms with Crippen molar-refractivity contribution in [3.63, 3.8) is 0 Å². The molecule has 188 valence electrons. The number of anilines is 1. The summed E-state index contributed by atoms with van der Waals surface area (Å²) >= 11 is 0. The number of pyridine rings is 2. The van der Waals surface area contributed by atoms with E-state index < -0.39 is 5.82 Å². The highest BCUT2D eigenvalue weighted by molar-refractivity contribution is 5.93. The Balaban J connectivity index is 1.41. The normalized spacial score (nSPS) is 14.1. The van der Waals surface area contributed by atoms with Gasteiger partial charge in [0, 0.05) is 50.7 Å². The number of hydrogen-bond acceptors (Lipinski definition) is 8. The van der Waals surface area contributed by atoms with Crippen molar-refractivity contribution in [1.82, 2.24) is 34.4 Å². The summed E-state index contributed by atoms with van der Waals surface area (Å²) in [7, 11) is 0. The van der Waals surface area contributed by atoms with Crippen molar-refractivity contribution in [2.75, 3.05) is 31.9 Å². The van der Waals surface area contributed by atoms with E-state index in [0.717, 1.165) is 43.9 Å². The first-order chi connectivity index (χ1) is 18.6. The Morgan fingerprint density at radius 3 is 2.47 bits per heavy atom. The molecule has 0 unspecified atom stereocenters. The maximum Gasteiger partial charge on any atom is 0.179 e. The van der Waals surface area contributed by atoms with Gasteiger partial charge in [0.25, 0.3) is 0 Å². The lowest BCUT2D eigenvalue weighted by Crippen LogP contribution is -2.43. The highest BCUT2D eigenvalue weighted by atomic mass is 19.1. The fourth-order valence-corrected chi connectivity index (χ4v) is 4.71. The van der Waals surface area contributed by atoms with Crippen molar-refractivity contribution in [2.24, 2.45) is 0 Å². The van der Waals surface area contributed by atoms with Gasteiger partial charge in [-0.15, -0.1) is 0 Å². The number of nitrogens with two attached hydrogens (primary N) is 1.